The minimum atomic E-state index is -0.108. The molecule has 0 saturated carbocycles. The molecule has 1 aromatic heterocycles. The highest BCUT2D eigenvalue weighted by atomic mass is 16.5. The molecule has 0 bridgehead atoms. The number of aryl methyl sites for hydroxylation is 1. The van der Waals surface area contributed by atoms with Gasteiger partial charge in [0.2, 0.25) is 5.88 Å². The van der Waals surface area contributed by atoms with Crippen molar-refractivity contribution in [3.63, 3.8) is 0 Å². The number of rotatable bonds is 15. The van der Waals surface area contributed by atoms with E-state index in [-0.39, 0.29) is 11.6 Å². The SMILES string of the molecule is CCCCCOCCCCC(C)(C)CCCCn1c(O)cn(CC)c1=O. The Morgan fingerprint density at radius 3 is 2.19 bits per heavy atom. The van der Waals surface area contributed by atoms with Gasteiger partial charge in [0.25, 0.3) is 0 Å². The van der Waals surface area contributed by atoms with E-state index in [2.05, 4.69) is 20.8 Å². The lowest BCUT2D eigenvalue weighted by atomic mass is 9.82. The van der Waals surface area contributed by atoms with Gasteiger partial charge in [0.1, 0.15) is 0 Å². The molecule has 0 unspecified atom stereocenters. The molecule has 0 aromatic carbocycles. The van der Waals surface area contributed by atoms with Crippen LogP contribution in [0.15, 0.2) is 11.0 Å². The molecule has 0 amide bonds. The number of aromatic nitrogens is 2. The molecule has 0 aliphatic heterocycles. The minimum Gasteiger partial charge on any atom is -0.493 e. The van der Waals surface area contributed by atoms with Crippen LogP contribution < -0.4 is 5.69 Å². The molecule has 1 heterocycles. The Morgan fingerprint density at radius 1 is 1.00 bits per heavy atom. The lowest BCUT2D eigenvalue weighted by molar-refractivity contribution is 0.123. The smallest absolute Gasteiger partial charge is 0.331 e. The van der Waals surface area contributed by atoms with Crippen molar-refractivity contribution in [1.82, 2.24) is 9.13 Å². The molecule has 26 heavy (non-hydrogen) atoms. The van der Waals surface area contributed by atoms with Gasteiger partial charge in [-0.15, -0.1) is 0 Å². The van der Waals surface area contributed by atoms with Crippen molar-refractivity contribution < 1.29 is 9.84 Å². The van der Waals surface area contributed by atoms with Crippen molar-refractivity contribution in [3.8, 4) is 5.88 Å². The standard InChI is InChI=1S/C21H40N2O3/c1-5-7-11-16-26-17-12-9-14-21(3,4)13-8-10-15-23-19(24)18-22(6-2)20(23)25/h18,24H,5-17H2,1-4H3. The third kappa shape index (κ3) is 8.43. The van der Waals surface area contributed by atoms with Crippen LogP contribution in [0.5, 0.6) is 5.88 Å². The molecule has 5 nitrogen and oxygen atoms in total. The van der Waals surface area contributed by atoms with E-state index in [1.54, 1.807) is 4.57 Å². The van der Waals surface area contributed by atoms with Gasteiger partial charge in [-0.3, -0.25) is 9.13 Å². The second-order valence-electron chi connectivity index (χ2n) is 8.11. The maximum atomic E-state index is 12.1. The van der Waals surface area contributed by atoms with Crippen LogP contribution in [-0.2, 0) is 17.8 Å². The summed E-state index contributed by atoms with van der Waals surface area (Å²) in [5.74, 6) is 0.0787. The van der Waals surface area contributed by atoms with E-state index in [4.69, 9.17) is 4.74 Å². The highest BCUT2D eigenvalue weighted by Gasteiger charge is 2.17. The van der Waals surface area contributed by atoms with Gasteiger partial charge in [0.05, 0.1) is 6.20 Å². The van der Waals surface area contributed by atoms with Gasteiger partial charge in [0, 0.05) is 26.3 Å². The van der Waals surface area contributed by atoms with Gasteiger partial charge in [-0.2, -0.15) is 0 Å². The van der Waals surface area contributed by atoms with E-state index < -0.39 is 0 Å². The molecule has 1 rings (SSSR count). The van der Waals surface area contributed by atoms with E-state index in [0.29, 0.717) is 18.5 Å². The monoisotopic (exact) mass is 368 g/mol. The molecule has 0 atom stereocenters. The highest BCUT2D eigenvalue weighted by Crippen LogP contribution is 2.29. The zero-order valence-corrected chi connectivity index (χ0v) is 17.4. The third-order valence-corrected chi connectivity index (χ3v) is 5.13. The Labute approximate surface area is 159 Å². The van der Waals surface area contributed by atoms with E-state index in [1.807, 2.05) is 6.92 Å². The summed E-state index contributed by atoms with van der Waals surface area (Å²) in [6, 6.07) is 0. The average molecular weight is 369 g/mol. The van der Waals surface area contributed by atoms with Crippen molar-refractivity contribution in [2.24, 2.45) is 5.41 Å². The van der Waals surface area contributed by atoms with Gasteiger partial charge in [0.15, 0.2) is 0 Å². The molecule has 1 N–H and O–H groups in total. The minimum absolute atomic E-state index is 0.0787. The van der Waals surface area contributed by atoms with Crippen molar-refractivity contribution in [1.29, 1.82) is 0 Å². The zero-order chi connectivity index (χ0) is 19.4. The summed E-state index contributed by atoms with van der Waals surface area (Å²) >= 11 is 0. The fourth-order valence-electron chi connectivity index (χ4n) is 3.32. The predicted octanol–water partition coefficient (Wildman–Crippen LogP) is 4.95. The molecule has 0 radical (unpaired) electrons. The predicted molar refractivity (Wildman–Crippen MR) is 108 cm³/mol. The molecule has 1 aromatic rings. The Morgan fingerprint density at radius 2 is 1.62 bits per heavy atom. The zero-order valence-electron chi connectivity index (χ0n) is 17.4. The maximum absolute atomic E-state index is 12.1. The highest BCUT2D eigenvalue weighted by molar-refractivity contribution is 5.05. The van der Waals surface area contributed by atoms with Crippen LogP contribution in [0, 0.1) is 5.41 Å². The van der Waals surface area contributed by atoms with E-state index in [1.165, 1.54) is 42.9 Å². The molecular formula is C21H40N2O3. The van der Waals surface area contributed by atoms with Crippen LogP contribution in [0.25, 0.3) is 0 Å². The first-order valence-corrected chi connectivity index (χ1v) is 10.5. The van der Waals surface area contributed by atoms with Crippen LogP contribution in [0.4, 0.5) is 0 Å². The van der Waals surface area contributed by atoms with Crippen LogP contribution in [0.3, 0.4) is 0 Å². The molecule has 5 heteroatoms. The summed E-state index contributed by atoms with van der Waals surface area (Å²) in [6.45, 7) is 11.8. The number of aromatic hydroxyl groups is 1. The first-order valence-electron chi connectivity index (χ1n) is 10.5. The Balaban J connectivity index is 2.15. The van der Waals surface area contributed by atoms with Crippen LogP contribution in [0.2, 0.25) is 0 Å². The number of hydrogen-bond acceptors (Lipinski definition) is 3. The fraction of sp³-hybridized carbons (Fsp3) is 0.857. The summed E-state index contributed by atoms with van der Waals surface area (Å²) < 4.78 is 8.70. The maximum Gasteiger partial charge on any atom is 0.331 e. The van der Waals surface area contributed by atoms with E-state index in [9.17, 15) is 9.90 Å². The van der Waals surface area contributed by atoms with Gasteiger partial charge >= 0.3 is 5.69 Å². The normalized spacial score (nSPS) is 12.0. The molecule has 152 valence electrons. The molecular weight excluding hydrogens is 328 g/mol. The number of hydrogen-bond donors (Lipinski definition) is 1. The van der Waals surface area contributed by atoms with Crippen LogP contribution in [0.1, 0.15) is 85.5 Å². The third-order valence-electron chi connectivity index (χ3n) is 5.13. The van der Waals surface area contributed by atoms with Crippen molar-refractivity contribution >= 4 is 0 Å². The van der Waals surface area contributed by atoms with Crippen LogP contribution in [-0.4, -0.2) is 27.5 Å². The van der Waals surface area contributed by atoms with Gasteiger partial charge < -0.3 is 9.84 Å². The first kappa shape index (κ1) is 22.8. The second kappa shape index (κ2) is 12.2. The van der Waals surface area contributed by atoms with Gasteiger partial charge in [-0.1, -0.05) is 46.5 Å². The Hall–Kier alpha value is -1.23. The van der Waals surface area contributed by atoms with E-state index in [0.717, 1.165) is 38.9 Å². The lowest BCUT2D eigenvalue weighted by Gasteiger charge is -2.24. The van der Waals surface area contributed by atoms with Crippen molar-refractivity contribution in [2.45, 2.75) is 98.6 Å². The summed E-state index contributed by atoms with van der Waals surface area (Å²) in [5.41, 5.74) is 0.216. The number of ether oxygens (including phenoxy) is 1. The topological polar surface area (TPSA) is 56.4 Å². The second-order valence-corrected chi connectivity index (χ2v) is 8.11. The molecule has 0 spiro atoms. The summed E-state index contributed by atoms with van der Waals surface area (Å²) in [4.78, 5) is 12.1. The fourth-order valence-corrected chi connectivity index (χ4v) is 3.32. The molecule has 0 aliphatic rings. The molecule has 0 fully saturated rings. The van der Waals surface area contributed by atoms with Crippen LogP contribution >= 0.6 is 0 Å². The summed E-state index contributed by atoms with van der Waals surface area (Å²) in [7, 11) is 0. The number of unbranched alkanes of at least 4 members (excludes halogenated alkanes) is 4. The largest absolute Gasteiger partial charge is 0.493 e. The Kier molecular flexibility index (Phi) is 10.7. The van der Waals surface area contributed by atoms with Crippen molar-refractivity contribution in [2.75, 3.05) is 13.2 Å². The number of imidazole rings is 1. The number of nitrogens with zero attached hydrogens (tertiary/aromatic N) is 2. The summed E-state index contributed by atoms with van der Waals surface area (Å²) in [5, 5.41) is 9.87. The summed E-state index contributed by atoms with van der Waals surface area (Å²) in [6.07, 6.45) is 11.9. The lowest BCUT2D eigenvalue weighted by Crippen LogP contribution is -2.23. The quantitative estimate of drug-likeness (QED) is 0.446. The average Bonchev–Trinajstić information content (AvgIpc) is 2.88. The Bertz CT molecular complexity index is 546. The van der Waals surface area contributed by atoms with Crippen molar-refractivity contribution in [3.05, 3.63) is 16.7 Å². The van der Waals surface area contributed by atoms with Gasteiger partial charge in [-0.25, -0.2) is 4.79 Å². The van der Waals surface area contributed by atoms with Gasteiger partial charge in [-0.05, 0) is 44.4 Å². The van der Waals surface area contributed by atoms with E-state index >= 15 is 0 Å². The first-order chi connectivity index (χ1) is 12.4. The molecule has 0 saturated heterocycles. The molecule has 0 aliphatic carbocycles.